The molecule has 4 aromatic carbocycles. The lowest BCUT2D eigenvalue weighted by atomic mass is 9.99. The number of benzene rings is 4. The Labute approximate surface area is 558 Å². The monoisotopic (exact) mass is 1340 g/mol. The number of hydrogen-bond donors (Lipinski definition) is 16. The lowest BCUT2D eigenvalue weighted by molar-refractivity contribution is -0.144. The number of aromatic amines is 2. The lowest BCUT2D eigenvalue weighted by Crippen LogP contribution is -2.61. The maximum Gasteiger partial charge on any atom is 0.326 e. The molecule has 0 aliphatic carbocycles. The molecule has 3 heterocycles. The predicted molar refractivity (Wildman–Crippen MR) is 356 cm³/mol. The van der Waals surface area contributed by atoms with Gasteiger partial charge in [0.25, 0.3) is 0 Å². The molecule has 0 radical (unpaired) electrons. The first kappa shape index (κ1) is 73.7. The summed E-state index contributed by atoms with van der Waals surface area (Å²) in [5.41, 5.74) is 20.9. The molecular formula is C68H86N14O15. The number of rotatable bonds is 35. The number of carbonyl (C=O) groups excluding carboxylic acids is 10. The molecule has 1 aliphatic heterocycles. The first-order valence-corrected chi connectivity index (χ1v) is 32.0. The molecule has 7 rings (SSSR count). The molecule has 2 aromatic heterocycles. The van der Waals surface area contributed by atoms with Crippen LogP contribution in [0.5, 0.6) is 5.75 Å². The zero-order valence-electron chi connectivity index (χ0n) is 54.3. The number of carboxylic acids is 2. The summed E-state index contributed by atoms with van der Waals surface area (Å²) in [6, 6.07) is 13.6. The van der Waals surface area contributed by atoms with Crippen LogP contribution in [-0.2, 0) is 83.2 Å². The molecule has 0 spiro atoms. The van der Waals surface area contributed by atoms with Crippen molar-refractivity contribution in [3.8, 4) is 5.75 Å². The van der Waals surface area contributed by atoms with E-state index in [4.69, 9.17) is 17.2 Å². The minimum Gasteiger partial charge on any atom is -0.508 e. The van der Waals surface area contributed by atoms with Crippen molar-refractivity contribution in [2.24, 2.45) is 29.0 Å². The number of nitrogens with two attached hydrogens (primary N) is 3. The van der Waals surface area contributed by atoms with Crippen LogP contribution in [0, 0.1) is 11.8 Å². The number of carbonyl (C=O) groups is 12. The summed E-state index contributed by atoms with van der Waals surface area (Å²) in [7, 11) is 0. The first-order valence-electron chi connectivity index (χ1n) is 32.0. The number of carboxylic acid groups (broad SMARTS) is 2. The summed E-state index contributed by atoms with van der Waals surface area (Å²) in [4.78, 5) is 174. The number of nitrogens with one attached hydrogen (secondary N) is 10. The van der Waals surface area contributed by atoms with Crippen molar-refractivity contribution >= 4 is 92.8 Å². The summed E-state index contributed by atoms with van der Waals surface area (Å²) in [6.45, 7) is 7.12. The number of aromatic hydroxyl groups is 1. The molecule has 1 aliphatic rings. The molecule has 0 bridgehead atoms. The van der Waals surface area contributed by atoms with E-state index in [9.17, 15) is 58.5 Å². The molecule has 0 saturated carbocycles. The molecule has 29 heteroatoms. The van der Waals surface area contributed by atoms with Crippen molar-refractivity contribution < 1.29 is 72.9 Å². The fraction of sp³-hybridized carbons (Fsp3) is 0.412. The van der Waals surface area contributed by atoms with Gasteiger partial charge in [-0.1, -0.05) is 107 Å². The molecule has 1 fully saturated rings. The highest BCUT2D eigenvalue weighted by molar-refractivity contribution is 6.01. The zero-order chi connectivity index (χ0) is 70.6. The Bertz CT molecular complexity index is 3800. The van der Waals surface area contributed by atoms with E-state index < -0.39 is 144 Å². The average molecular weight is 1340 g/mol. The van der Waals surface area contributed by atoms with Gasteiger partial charge in [-0.15, -0.1) is 0 Å². The molecule has 6 aromatic rings. The highest BCUT2D eigenvalue weighted by atomic mass is 16.4. The van der Waals surface area contributed by atoms with Crippen molar-refractivity contribution in [3.63, 3.8) is 0 Å². The minimum absolute atomic E-state index is 0.00466. The smallest absolute Gasteiger partial charge is 0.326 e. The van der Waals surface area contributed by atoms with Crippen LogP contribution >= 0.6 is 0 Å². The lowest BCUT2D eigenvalue weighted by Gasteiger charge is -2.31. The van der Waals surface area contributed by atoms with Crippen LogP contribution < -0.4 is 59.7 Å². The topological polar surface area (TPSA) is 475 Å². The van der Waals surface area contributed by atoms with Crippen LogP contribution in [0.4, 0.5) is 0 Å². The maximum absolute atomic E-state index is 15.1. The molecule has 19 N–H and O–H groups in total. The third-order valence-electron chi connectivity index (χ3n) is 16.7. The summed E-state index contributed by atoms with van der Waals surface area (Å²) < 4.78 is 0. The van der Waals surface area contributed by atoms with Crippen LogP contribution in [-0.4, -0.2) is 175 Å². The number of fused-ring (bicyclic) bond motifs is 2. The van der Waals surface area contributed by atoms with Crippen molar-refractivity contribution in [2.75, 3.05) is 13.1 Å². The van der Waals surface area contributed by atoms with Crippen molar-refractivity contribution in [2.45, 2.75) is 152 Å². The van der Waals surface area contributed by atoms with Crippen molar-refractivity contribution in [3.05, 3.63) is 138 Å². The molecular weight excluding hydrogens is 1250 g/mol. The Hall–Kier alpha value is -10.7. The number of aliphatic carboxylic acids is 2. The van der Waals surface area contributed by atoms with E-state index in [-0.39, 0.29) is 75.6 Å². The molecule has 0 unspecified atom stereocenters. The normalized spacial score (nSPS) is 15.7. The molecule has 1 saturated heterocycles. The Balaban J connectivity index is 1.14. The SMILES string of the molecule is CC(C)C[C@H](NC(=O)[C@H](CCN)NC(=O)[C@@H](N)C(C)C)C(=O)N[C@@H](Cc1ccc(O)cc1)C(=O)N1CCC[C@H]1C(=O)N[C@@H](Cc1c[nH]c2ccccc12)C(=O)N[C@@H](Cc1ccccc1)C(=O)N[C@@H](CC(N)=O)C(=O)N[C@@H](CC(=O)O)C(=O)N[C@@H](Cc1c[nH]c2ccccc12)C(=O)O. The fourth-order valence-corrected chi connectivity index (χ4v) is 11.5. The number of primary amides is 1. The number of phenols is 1. The number of hydrogen-bond acceptors (Lipinski definition) is 15. The Morgan fingerprint density at radius 2 is 0.979 bits per heavy atom. The Kier molecular flexibility index (Phi) is 26.3. The van der Waals surface area contributed by atoms with Crippen LogP contribution in [0.2, 0.25) is 0 Å². The van der Waals surface area contributed by atoms with Gasteiger partial charge in [0.1, 0.15) is 60.1 Å². The highest BCUT2D eigenvalue weighted by Crippen LogP contribution is 2.25. The van der Waals surface area contributed by atoms with Gasteiger partial charge in [-0.05, 0) is 90.6 Å². The average Bonchev–Trinajstić information content (AvgIpc) is 1.75. The Morgan fingerprint density at radius 3 is 1.53 bits per heavy atom. The third-order valence-corrected chi connectivity index (χ3v) is 16.7. The number of H-pyrrole nitrogens is 2. The quantitative estimate of drug-likeness (QED) is 0.0255. The summed E-state index contributed by atoms with van der Waals surface area (Å²) >= 11 is 0. The number of aromatic nitrogens is 2. The summed E-state index contributed by atoms with van der Waals surface area (Å²) in [5.74, 6) is -12.9. The van der Waals surface area contributed by atoms with E-state index >= 15 is 14.4 Å². The standard InChI is InChI=1S/C68H86N14O15/c1-36(2)27-48(75-59(87)47(24-25-69)74-66(94)58(71)37(3)4)60(88)80-53(29-39-20-22-42(83)23-21-39)67(95)82-26-12-19-55(82)65(93)79-50(30-40-34-72-45-17-10-8-15-43(40)45)62(90)76-49(28-38-13-6-5-7-14-38)61(89)77-51(32-56(70)84)63(91)78-52(33-57(85)86)64(92)81-54(68(96)97)31-41-35-73-46-18-11-9-16-44(41)46/h5-11,13-18,20-23,34-37,47-55,58,72-73,83H,12,19,24-33,69,71H2,1-4H3,(H2,70,84)(H,74,94)(H,75,87)(H,76,90)(H,77,89)(H,78,91)(H,79,93)(H,80,88)(H,81,92)(H,85,86)(H,96,97)/t47-,48-,49-,50-,51-,52-,53-,54-,55-,58-/m0/s1. The third kappa shape index (κ3) is 20.9. The largest absolute Gasteiger partial charge is 0.508 e. The van der Waals surface area contributed by atoms with Gasteiger partial charge in [0.05, 0.1) is 18.9 Å². The Morgan fingerprint density at radius 1 is 0.526 bits per heavy atom. The van der Waals surface area contributed by atoms with Gasteiger partial charge in [-0.2, -0.15) is 0 Å². The number of likely N-dealkylation sites (tertiary alicyclic amines) is 1. The van der Waals surface area contributed by atoms with Gasteiger partial charge < -0.3 is 89.9 Å². The summed E-state index contributed by atoms with van der Waals surface area (Å²) in [6.07, 6.45) is 0.757. The molecule has 29 nitrogen and oxygen atoms in total. The van der Waals surface area contributed by atoms with Crippen LogP contribution in [0.25, 0.3) is 21.8 Å². The van der Waals surface area contributed by atoms with E-state index in [1.807, 2.05) is 13.8 Å². The van der Waals surface area contributed by atoms with Gasteiger partial charge in [-0.25, -0.2) is 4.79 Å². The van der Waals surface area contributed by atoms with Gasteiger partial charge in [0.15, 0.2) is 0 Å². The van der Waals surface area contributed by atoms with E-state index in [1.165, 1.54) is 17.0 Å². The number of phenolic OH excluding ortho intramolecular Hbond substituents is 1. The van der Waals surface area contributed by atoms with E-state index in [2.05, 4.69) is 52.5 Å². The van der Waals surface area contributed by atoms with Gasteiger partial charge in [0.2, 0.25) is 59.1 Å². The number of amides is 10. The summed E-state index contributed by atoms with van der Waals surface area (Å²) in [5, 5.41) is 52.2. The molecule has 518 valence electrons. The molecule has 97 heavy (non-hydrogen) atoms. The van der Waals surface area contributed by atoms with E-state index in [1.54, 1.807) is 117 Å². The predicted octanol–water partition coefficient (Wildman–Crippen LogP) is 0.308. The second-order valence-electron chi connectivity index (χ2n) is 24.9. The van der Waals surface area contributed by atoms with E-state index in [0.717, 1.165) is 0 Å². The first-order chi connectivity index (χ1) is 46.2. The van der Waals surface area contributed by atoms with E-state index in [0.29, 0.717) is 50.5 Å². The van der Waals surface area contributed by atoms with Crippen molar-refractivity contribution in [1.82, 2.24) is 57.4 Å². The van der Waals surface area contributed by atoms with Crippen molar-refractivity contribution in [1.29, 1.82) is 0 Å². The molecule has 10 atom stereocenters. The van der Waals surface area contributed by atoms with Crippen LogP contribution in [0.1, 0.15) is 88.5 Å². The zero-order valence-corrected chi connectivity index (χ0v) is 54.3. The van der Waals surface area contributed by atoms with Gasteiger partial charge in [-0.3, -0.25) is 52.7 Å². The molecule has 10 amide bonds. The number of nitrogens with zero attached hydrogens (tertiary/aromatic N) is 1. The van der Waals surface area contributed by atoms with Gasteiger partial charge >= 0.3 is 11.9 Å². The van der Waals surface area contributed by atoms with Gasteiger partial charge in [0, 0.05) is 66.4 Å². The van der Waals surface area contributed by atoms with Crippen LogP contribution in [0.15, 0.2) is 116 Å². The van der Waals surface area contributed by atoms with Crippen LogP contribution in [0.3, 0.4) is 0 Å². The number of para-hydroxylation sites is 2. The minimum atomic E-state index is -1.97. The fourth-order valence-electron chi connectivity index (χ4n) is 11.5. The maximum atomic E-state index is 15.1. The second-order valence-corrected chi connectivity index (χ2v) is 24.9. The highest BCUT2D eigenvalue weighted by Gasteiger charge is 2.41. The second kappa shape index (κ2) is 34.6.